The van der Waals surface area contributed by atoms with Crippen molar-refractivity contribution in [2.75, 3.05) is 26.8 Å². The molecule has 0 spiro atoms. The first kappa shape index (κ1) is 14.9. The van der Waals surface area contributed by atoms with Gasteiger partial charge in [-0.3, -0.25) is 9.59 Å². The third-order valence-corrected chi connectivity index (χ3v) is 2.06. The molecule has 1 unspecified atom stereocenters. The van der Waals surface area contributed by atoms with Crippen LogP contribution in [0, 0.1) is 11.8 Å². The van der Waals surface area contributed by atoms with Crippen LogP contribution in [0.15, 0.2) is 0 Å². The number of carboxylic acids is 1. The molecule has 1 amide bonds. The van der Waals surface area contributed by atoms with E-state index in [0.717, 1.165) is 0 Å². The number of ether oxygens (including phenoxy) is 1. The Morgan fingerprint density at radius 1 is 1.31 bits per heavy atom. The number of hydrogen-bond acceptors (Lipinski definition) is 3. The third kappa shape index (κ3) is 5.70. The molecule has 0 aromatic heterocycles. The van der Waals surface area contributed by atoms with Gasteiger partial charge in [0.1, 0.15) is 6.54 Å². The molecule has 0 saturated heterocycles. The molecule has 0 aliphatic carbocycles. The van der Waals surface area contributed by atoms with Crippen molar-refractivity contribution in [3.05, 3.63) is 0 Å². The van der Waals surface area contributed by atoms with Crippen LogP contribution in [0.25, 0.3) is 0 Å². The second kappa shape index (κ2) is 7.22. The van der Waals surface area contributed by atoms with Crippen LogP contribution in [-0.4, -0.2) is 48.7 Å². The van der Waals surface area contributed by atoms with Crippen molar-refractivity contribution < 1.29 is 19.4 Å². The van der Waals surface area contributed by atoms with Gasteiger partial charge >= 0.3 is 5.97 Å². The van der Waals surface area contributed by atoms with E-state index in [2.05, 4.69) is 0 Å². The maximum atomic E-state index is 11.9. The van der Waals surface area contributed by atoms with Crippen LogP contribution in [0.2, 0.25) is 0 Å². The van der Waals surface area contributed by atoms with Crippen molar-refractivity contribution >= 4 is 11.9 Å². The van der Waals surface area contributed by atoms with Crippen LogP contribution in [0.4, 0.5) is 0 Å². The predicted molar refractivity (Wildman–Crippen MR) is 60.1 cm³/mol. The fourth-order valence-corrected chi connectivity index (χ4v) is 1.47. The highest BCUT2D eigenvalue weighted by molar-refractivity contribution is 5.82. The molecule has 94 valence electrons. The summed E-state index contributed by atoms with van der Waals surface area (Å²) in [5.41, 5.74) is 0. The van der Waals surface area contributed by atoms with Crippen molar-refractivity contribution in [1.29, 1.82) is 0 Å². The molecule has 0 aromatic rings. The molecule has 1 N–H and O–H groups in total. The lowest BCUT2D eigenvalue weighted by molar-refractivity contribution is -0.147. The summed E-state index contributed by atoms with van der Waals surface area (Å²) in [5.74, 6) is -1.21. The Bertz CT molecular complexity index is 240. The summed E-state index contributed by atoms with van der Waals surface area (Å²) in [4.78, 5) is 23.9. The molecular formula is C11H21NO4. The Morgan fingerprint density at radius 2 is 1.88 bits per heavy atom. The van der Waals surface area contributed by atoms with Gasteiger partial charge < -0.3 is 14.7 Å². The highest BCUT2D eigenvalue weighted by atomic mass is 16.5. The van der Waals surface area contributed by atoms with Gasteiger partial charge in [0.05, 0.1) is 12.5 Å². The van der Waals surface area contributed by atoms with E-state index in [9.17, 15) is 9.59 Å². The number of hydrogen-bond donors (Lipinski definition) is 1. The standard InChI is InChI=1S/C11H21NO4/c1-8(2)5-12(6-10(13)14)11(15)9(3)7-16-4/h8-9H,5-7H2,1-4H3,(H,13,14). The van der Waals surface area contributed by atoms with E-state index in [-0.39, 0.29) is 24.3 Å². The van der Waals surface area contributed by atoms with Crippen molar-refractivity contribution in [1.82, 2.24) is 4.90 Å². The summed E-state index contributed by atoms with van der Waals surface area (Å²) < 4.78 is 4.89. The van der Waals surface area contributed by atoms with Gasteiger partial charge in [0.25, 0.3) is 0 Å². The number of carbonyl (C=O) groups excluding carboxylic acids is 1. The van der Waals surface area contributed by atoms with E-state index in [1.54, 1.807) is 6.92 Å². The molecule has 1 atom stereocenters. The maximum Gasteiger partial charge on any atom is 0.323 e. The van der Waals surface area contributed by atoms with Gasteiger partial charge in [-0.2, -0.15) is 0 Å². The first-order valence-corrected chi connectivity index (χ1v) is 5.38. The third-order valence-electron chi connectivity index (χ3n) is 2.06. The Kier molecular flexibility index (Phi) is 6.72. The molecule has 0 aliphatic heterocycles. The Morgan fingerprint density at radius 3 is 2.25 bits per heavy atom. The lowest BCUT2D eigenvalue weighted by atomic mass is 10.1. The van der Waals surface area contributed by atoms with Gasteiger partial charge in [0.2, 0.25) is 5.91 Å². The van der Waals surface area contributed by atoms with Crippen molar-refractivity contribution in [2.45, 2.75) is 20.8 Å². The van der Waals surface area contributed by atoms with Crippen LogP contribution in [0.5, 0.6) is 0 Å². The highest BCUT2D eigenvalue weighted by Crippen LogP contribution is 2.06. The van der Waals surface area contributed by atoms with Gasteiger partial charge in [-0.1, -0.05) is 20.8 Å². The second-order valence-electron chi connectivity index (χ2n) is 4.36. The molecule has 5 heteroatoms. The molecule has 0 aliphatic rings. The molecule has 16 heavy (non-hydrogen) atoms. The van der Waals surface area contributed by atoms with Crippen LogP contribution in [-0.2, 0) is 14.3 Å². The fraction of sp³-hybridized carbons (Fsp3) is 0.818. The van der Waals surface area contributed by atoms with E-state index in [4.69, 9.17) is 9.84 Å². The second-order valence-corrected chi connectivity index (χ2v) is 4.36. The number of aliphatic carboxylic acids is 1. The van der Waals surface area contributed by atoms with Gasteiger partial charge in [-0.25, -0.2) is 0 Å². The number of carbonyl (C=O) groups is 2. The predicted octanol–water partition coefficient (Wildman–Crippen LogP) is 0.838. The van der Waals surface area contributed by atoms with E-state index in [1.165, 1.54) is 12.0 Å². The summed E-state index contributed by atoms with van der Waals surface area (Å²) in [6, 6.07) is 0. The Labute approximate surface area is 96.4 Å². The molecular weight excluding hydrogens is 210 g/mol. The molecule has 0 fully saturated rings. The van der Waals surface area contributed by atoms with Crippen LogP contribution in [0.1, 0.15) is 20.8 Å². The number of nitrogens with zero attached hydrogens (tertiary/aromatic N) is 1. The molecule has 0 heterocycles. The summed E-state index contributed by atoms with van der Waals surface area (Å²) >= 11 is 0. The largest absolute Gasteiger partial charge is 0.480 e. The lowest BCUT2D eigenvalue weighted by Crippen LogP contribution is -2.42. The van der Waals surface area contributed by atoms with E-state index >= 15 is 0 Å². The SMILES string of the molecule is COCC(C)C(=O)N(CC(=O)O)CC(C)C. The van der Waals surface area contributed by atoms with Gasteiger partial charge in [-0.05, 0) is 5.92 Å². The zero-order chi connectivity index (χ0) is 12.7. The van der Waals surface area contributed by atoms with Crippen molar-refractivity contribution in [2.24, 2.45) is 11.8 Å². The first-order valence-electron chi connectivity index (χ1n) is 5.38. The fourth-order valence-electron chi connectivity index (χ4n) is 1.47. The van der Waals surface area contributed by atoms with Gasteiger partial charge in [0, 0.05) is 13.7 Å². The summed E-state index contributed by atoms with van der Waals surface area (Å²) in [5, 5.41) is 8.73. The van der Waals surface area contributed by atoms with Crippen LogP contribution in [0.3, 0.4) is 0 Å². The topological polar surface area (TPSA) is 66.8 Å². The normalized spacial score (nSPS) is 12.6. The highest BCUT2D eigenvalue weighted by Gasteiger charge is 2.22. The molecule has 0 saturated carbocycles. The number of methoxy groups -OCH3 is 1. The number of rotatable bonds is 7. The van der Waals surface area contributed by atoms with Crippen molar-refractivity contribution in [3.8, 4) is 0 Å². The van der Waals surface area contributed by atoms with E-state index in [0.29, 0.717) is 13.2 Å². The van der Waals surface area contributed by atoms with Crippen LogP contribution >= 0.6 is 0 Å². The Balaban J connectivity index is 4.48. The minimum absolute atomic E-state index is 0.169. The average Bonchev–Trinajstić information content (AvgIpc) is 2.14. The summed E-state index contributed by atoms with van der Waals surface area (Å²) in [6.45, 7) is 6.16. The average molecular weight is 231 g/mol. The van der Waals surface area contributed by atoms with Crippen molar-refractivity contribution in [3.63, 3.8) is 0 Å². The maximum absolute atomic E-state index is 11.9. The molecule has 0 aromatic carbocycles. The molecule has 5 nitrogen and oxygen atoms in total. The molecule has 0 rings (SSSR count). The smallest absolute Gasteiger partial charge is 0.323 e. The zero-order valence-corrected chi connectivity index (χ0v) is 10.4. The monoisotopic (exact) mass is 231 g/mol. The van der Waals surface area contributed by atoms with E-state index in [1.807, 2.05) is 13.8 Å². The lowest BCUT2D eigenvalue weighted by Gasteiger charge is -2.25. The Hall–Kier alpha value is -1.10. The van der Waals surface area contributed by atoms with Gasteiger partial charge in [0.15, 0.2) is 0 Å². The minimum atomic E-state index is -0.987. The minimum Gasteiger partial charge on any atom is -0.480 e. The number of amides is 1. The quantitative estimate of drug-likeness (QED) is 0.705. The molecule has 0 bridgehead atoms. The van der Waals surface area contributed by atoms with Gasteiger partial charge in [-0.15, -0.1) is 0 Å². The van der Waals surface area contributed by atoms with E-state index < -0.39 is 5.97 Å². The first-order chi connectivity index (χ1) is 7.38. The zero-order valence-electron chi connectivity index (χ0n) is 10.4. The molecule has 0 radical (unpaired) electrons. The summed E-state index contributed by atoms with van der Waals surface area (Å²) in [7, 11) is 1.52. The summed E-state index contributed by atoms with van der Waals surface area (Å²) in [6.07, 6.45) is 0. The number of carboxylic acid groups (broad SMARTS) is 1. The van der Waals surface area contributed by atoms with Crippen LogP contribution < -0.4 is 0 Å².